The van der Waals surface area contributed by atoms with Crippen LogP contribution < -0.4 is 44.4 Å². The van der Waals surface area contributed by atoms with Gasteiger partial charge in [0, 0.05) is 19.6 Å². The molecule has 0 aliphatic carbocycles. The van der Waals surface area contributed by atoms with Crippen LogP contribution in [0.25, 0.3) is 0 Å². The van der Waals surface area contributed by atoms with Gasteiger partial charge in [0.1, 0.15) is 0 Å². The molecule has 0 radical (unpaired) electrons. The zero-order valence-electron chi connectivity index (χ0n) is 24.6. The van der Waals surface area contributed by atoms with E-state index in [0.717, 1.165) is 16.7 Å². The zero-order chi connectivity index (χ0) is 29.9. The second-order valence-corrected chi connectivity index (χ2v) is 8.93. The fraction of sp³-hybridized carbons (Fsp3) is 0.300. The van der Waals surface area contributed by atoms with Gasteiger partial charge in [-0.3, -0.25) is 0 Å². The van der Waals surface area contributed by atoms with Crippen LogP contribution >= 0.6 is 0 Å². The summed E-state index contributed by atoms with van der Waals surface area (Å²) in [7, 11) is 9.63. The molecule has 0 atom stereocenters. The van der Waals surface area contributed by atoms with Gasteiger partial charge in [0.15, 0.2) is 34.5 Å². The third kappa shape index (κ3) is 7.53. The molecular formula is C30H36N6O6. The van der Waals surface area contributed by atoms with Crippen molar-refractivity contribution in [3.63, 3.8) is 0 Å². The van der Waals surface area contributed by atoms with E-state index >= 15 is 0 Å². The number of hydrogen-bond donors (Lipinski definition) is 3. The Bertz CT molecular complexity index is 1300. The van der Waals surface area contributed by atoms with Gasteiger partial charge in [-0.15, -0.1) is 0 Å². The molecule has 0 spiro atoms. The highest BCUT2D eigenvalue weighted by atomic mass is 16.5. The molecule has 4 aromatic rings. The van der Waals surface area contributed by atoms with Crippen molar-refractivity contribution in [2.75, 3.05) is 58.6 Å². The molecule has 0 unspecified atom stereocenters. The lowest BCUT2D eigenvalue weighted by Crippen LogP contribution is -2.13. The van der Waals surface area contributed by atoms with Gasteiger partial charge < -0.3 is 44.4 Å². The molecule has 1 heterocycles. The van der Waals surface area contributed by atoms with E-state index in [9.17, 15) is 0 Å². The van der Waals surface area contributed by atoms with Crippen molar-refractivity contribution in [1.29, 1.82) is 0 Å². The van der Waals surface area contributed by atoms with Crippen LogP contribution in [0.3, 0.4) is 0 Å². The van der Waals surface area contributed by atoms with Gasteiger partial charge in [-0.1, -0.05) is 18.2 Å². The summed E-state index contributed by atoms with van der Waals surface area (Å²) in [6.07, 6.45) is 0. The Kier molecular flexibility index (Phi) is 10.3. The van der Waals surface area contributed by atoms with Crippen molar-refractivity contribution in [3.05, 3.63) is 71.3 Å². The van der Waals surface area contributed by atoms with E-state index in [2.05, 4.69) is 30.9 Å². The Morgan fingerprint density at radius 1 is 0.405 bits per heavy atom. The third-order valence-electron chi connectivity index (χ3n) is 6.33. The highest BCUT2D eigenvalue weighted by molar-refractivity contribution is 5.48. The van der Waals surface area contributed by atoms with Crippen LogP contribution in [0.5, 0.6) is 34.5 Å². The van der Waals surface area contributed by atoms with E-state index < -0.39 is 0 Å². The predicted octanol–water partition coefficient (Wildman–Crippen LogP) is 4.76. The van der Waals surface area contributed by atoms with Gasteiger partial charge in [0.2, 0.25) is 17.8 Å². The summed E-state index contributed by atoms with van der Waals surface area (Å²) in [4.78, 5) is 13.8. The first kappa shape index (κ1) is 29.8. The molecule has 42 heavy (non-hydrogen) atoms. The van der Waals surface area contributed by atoms with Gasteiger partial charge in [0.05, 0.1) is 42.7 Å². The lowest BCUT2D eigenvalue weighted by molar-refractivity contribution is 0.354. The maximum atomic E-state index is 5.43. The van der Waals surface area contributed by atoms with E-state index in [4.69, 9.17) is 28.4 Å². The minimum Gasteiger partial charge on any atom is -0.493 e. The minimum atomic E-state index is 0.393. The molecule has 0 amide bonds. The van der Waals surface area contributed by atoms with Gasteiger partial charge in [-0.2, -0.15) is 15.0 Å². The molecule has 0 aliphatic heterocycles. The predicted molar refractivity (Wildman–Crippen MR) is 160 cm³/mol. The van der Waals surface area contributed by atoms with Crippen LogP contribution in [0.2, 0.25) is 0 Å². The summed E-state index contributed by atoms with van der Waals surface area (Å²) in [5.74, 6) is 5.07. The first-order chi connectivity index (χ1) is 20.5. The number of nitrogens with zero attached hydrogens (tertiary/aromatic N) is 3. The number of benzene rings is 3. The summed E-state index contributed by atoms with van der Waals surface area (Å²) < 4.78 is 32.3. The van der Waals surface area contributed by atoms with Crippen LogP contribution in [0.1, 0.15) is 16.7 Å². The number of methoxy groups -OCH3 is 6. The van der Waals surface area contributed by atoms with E-state index in [-0.39, 0.29) is 0 Å². The topological polar surface area (TPSA) is 130 Å². The average Bonchev–Trinajstić information content (AvgIpc) is 3.04. The summed E-state index contributed by atoms with van der Waals surface area (Å²) in [6.45, 7) is 1.36. The van der Waals surface area contributed by atoms with Gasteiger partial charge >= 0.3 is 0 Å². The van der Waals surface area contributed by atoms with E-state index in [1.165, 1.54) is 0 Å². The van der Waals surface area contributed by atoms with Crippen LogP contribution in [-0.2, 0) is 19.6 Å². The SMILES string of the molecule is COc1ccc(CNc2nc(NCc3ccc(OC)c(OC)c3)nc(NCc3ccc(OC)c(OC)c3)n2)cc1OC. The molecule has 1 aromatic heterocycles. The van der Waals surface area contributed by atoms with E-state index in [0.29, 0.717) is 72.0 Å². The molecule has 4 rings (SSSR count). The quantitative estimate of drug-likeness (QED) is 0.180. The van der Waals surface area contributed by atoms with E-state index in [1.807, 2.05) is 54.6 Å². The number of rotatable bonds is 15. The molecule has 222 valence electrons. The molecule has 0 fully saturated rings. The Hall–Kier alpha value is -5.13. The first-order valence-electron chi connectivity index (χ1n) is 13.1. The summed E-state index contributed by atoms with van der Waals surface area (Å²) in [6, 6.07) is 17.1. The second kappa shape index (κ2) is 14.5. The third-order valence-corrected chi connectivity index (χ3v) is 6.33. The Labute approximate surface area is 245 Å². The van der Waals surface area contributed by atoms with Crippen molar-refractivity contribution in [3.8, 4) is 34.5 Å². The highest BCUT2D eigenvalue weighted by Crippen LogP contribution is 2.30. The molecule has 0 saturated carbocycles. The lowest BCUT2D eigenvalue weighted by Gasteiger charge is -2.14. The first-order valence-corrected chi connectivity index (χ1v) is 13.1. The fourth-order valence-electron chi connectivity index (χ4n) is 4.13. The van der Waals surface area contributed by atoms with Crippen molar-refractivity contribution >= 4 is 17.8 Å². The monoisotopic (exact) mass is 576 g/mol. The summed E-state index contributed by atoms with van der Waals surface area (Å²) in [5.41, 5.74) is 2.90. The molecule has 0 aliphatic rings. The van der Waals surface area contributed by atoms with Gasteiger partial charge in [-0.05, 0) is 53.1 Å². The number of anilines is 3. The van der Waals surface area contributed by atoms with Crippen molar-refractivity contribution in [2.24, 2.45) is 0 Å². The Balaban J connectivity index is 1.54. The van der Waals surface area contributed by atoms with E-state index in [1.54, 1.807) is 42.7 Å². The Morgan fingerprint density at radius 2 is 0.667 bits per heavy atom. The van der Waals surface area contributed by atoms with Crippen LogP contribution in [-0.4, -0.2) is 57.6 Å². The molecular weight excluding hydrogens is 540 g/mol. The van der Waals surface area contributed by atoms with Gasteiger partial charge in [0.25, 0.3) is 0 Å². The van der Waals surface area contributed by atoms with Gasteiger partial charge in [-0.25, -0.2) is 0 Å². The second-order valence-electron chi connectivity index (χ2n) is 8.93. The molecule has 3 aromatic carbocycles. The maximum absolute atomic E-state index is 5.43. The minimum absolute atomic E-state index is 0.393. The molecule has 12 heteroatoms. The van der Waals surface area contributed by atoms with Crippen molar-refractivity contribution in [1.82, 2.24) is 15.0 Å². The Morgan fingerprint density at radius 3 is 0.905 bits per heavy atom. The molecule has 12 nitrogen and oxygen atoms in total. The average molecular weight is 577 g/mol. The van der Waals surface area contributed by atoms with Crippen LogP contribution in [0.4, 0.5) is 17.8 Å². The summed E-state index contributed by atoms with van der Waals surface area (Å²) in [5, 5.41) is 9.85. The number of ether oxygens (including phenoxy) is 6. The van der Waals surface area contributed by atoms with Crippen LogP contribution in [0.15, 0.2) is 54.6 Å². The molecule has 0 bridgehead atoms. The van der Waals surface area contributed by atoms with Crippen molar-refractivity contribution < 1.29 is 28.4 Å². The van der Waals surface area contributed by atoms with Crippen molar-refractivity contribution in [2.45, 2.75) is 19.6 Å². The summed E-state index contributed by atoms with van der Waals surface area (Å²) >= 11 is 0. The lowest BCUT2D eigenvalue weighted by atomic mass is 10.2. The normalized spacial score (nSPS) is 10.4. The maximum Gasteiger partial charge on any atom is 0.229 e. The molecule has 0 saturated heterocycles. The number of hydrogen-bond acceptors (Lipinski definition) is 12. The standard InChI is InChI=1S/C30H36N6O6/c1-37-22-10-7-19(13-25(22)40-4)16-31-28-34-29(32-17-20-8-11-23(38-2)26(14-20)41-5)36-30(35-28)33-18-21-9-12-24(39-3)27(15-21)42-6/h7-15H,16-18H2,1-6H3,(H3,31,32,33,34,35,36). The largest absolute Gasteiger partial charge is 0.493 e. The van der Waals surface area contributed by atoms with Crippen LogP contribution in [0, 0.1) is 0 Å². The number of aromatic nitrogens is 3. The fourth-order valence-corrected chi connectivity index (χ4v) is 4.13. The molecule has 3 N–H and O–H groups in total. The number of nitrogens with one attached hydrogen (secondary N) is 3. The zero-order valence-corrected chi connectivity index (χ0v) is 24.6. The smallest absolute Gasteiger partial charge is 0.229 e. The highest BCUT2D eigenvalue weighted by Gasteiger charge is 2.11.